The van der Waals surface area contributed by atoms with E-state index in [1.165, 1.54) is 12.1 Å². The van der Waals surface area contributed by atoms with Crippen molar-refractivity contribution in [2.75, 3.05) is 20.7 Å². The molecule has 2 N–H and O–H groups in total. The first-order valence-corrected chi connectivity index (χ1v) is 8.37. The molecular weight excluding hydrogens is 319 g/mol. The Balaban J connectivity index is 2.20. The van der Waals surface area contributed by atoms with E-state index in [1.54, 1.807) is 19.2 Å². The van der Waals surface area contributed by atoms with Crippen molar-refractivity contribution in [1.29, 1.82) is 0 Å². The molecule has 0 aliphatic carbocycles. The Kier molecular flexibility index (Phi) is 6.95. The molecule has 0 spiro atoms. The third-order valence-corrected chi connectivity index (χ3v) is 4.15. The summed E-state index contributed by atoms with van der Waals surface area (Å²) in [6.07, 6.45) is 0.588. The van der Waals surface area contributed by atoms with Crippen molar-refractivity contribution in [3.05, 3.63) is 65.5 Å². The number of hydrogen-bond donors (Lipinski definition) is 2. The maximum absolute atomic E-state index is 13.1. The van der Waals surface area contributed by atoms with Gasteiger partial charge in [-0.15, -0.1) is 0 Å². The molecule has 2 rings (SSSR count). The highest BCUT2D eigenvalue weighted by molar-refractivity contribution is 5.79. The molecule has 2 atom stereocenters. The van der Waals surface area contributed by atoms with E-state index in [4.69, 9.17) is 4.74 Å². The fourth-order valence-corrected chi connectivity index (χ4v) is 2.66. The van der Waals surface area contributed by atoms with Crippen LogP contribution in [0.25, 0.3) is 0 Å². The van der Waals surface area contributed by atoms with E-state index in [0.29, 0.717) is 13.0 Å². The van der Waals surface area contributed by atoms with Crippen LogP contribution in [0.4, 0.5) is 4.39 Å². The second-order valence-corrected chi connectivity index (χ2v) is 6.12. The summed E-state index contributed by atoms with van der Waals surface area (Å²) in [5.41, 5.74) is 1.94. The van der Waals surface area contributed by atoms with Crippen LogP contribution in [0.15, 0.2) is 48.5 Å². The molecule has 2 unspecified atom stereocenters. The first-order valence-electron chi connectivity index (χ1n) is 8.37. The molecule has 0 saturated carbocycles. The van der Waals surface area contributed by atoms with E-state index < -0.39 is 0 Å². The van der Waals surface area contributed by atoms with Crippen LogP contribution in [0.1, 0.15) is 24.1 Å². The minimum atomic E-state index is -0.267. The highest BCUT2D eigenvalue weighted by atomic mass is 19.1. The first-order chi connectivity index (χ1) is 12.0. The van der Waals surface area contributed by atoms with Gasteiger partial charge in [-0.2, -0.15) is 0 Å². The lowest BCUT2D eigenvalue weighted by molar-refractivity contribution is -0.125. The summed E-state index contributed by atoms with van der Waals surface area (Å²) in [6.45, 7) is 2.49. The fourth-order valence-electron chi connectivity index (χ4n) is 2.66. The lowest BCUT2D eigenvalue weighted by Gasteiger charge is -2.22. The van der Waals surface area contributed by atoms with Gasteiger partial charge in [0, 0.05) is 12.5 Å². The van der Waals surface area contributed by atoms with E-state index in [2.05, 4.69) is 10.6 Å². The molecule has 0 aliphatic rings. The summed E-state index contributed by atoms with van der Waals surface area (Å²) >= 11 is 0. The zero-order valence-electron chi connectivity index (χ0n) is 14.9. The monoisotopic (exact) mass is 344 g/mol. The van der Waals surface area contributed by atoms with Gasteiger partial charge in [-0.25, -0.2) is 4.39 Å². The molecule has 4 nitrogen and oxygen atoms in total. The van der Waals surface area contributed by atoms with Crippen molar-refractivity contribution < 1.29 is 13.9 Å². The largest absolute Gasteiger partial charge is 0.497 e. The maximum Gasteiger partial charge on any atom is 0.224 e. The number of ether oxygens (including phenoxy) is 1. The number of carbonyl (C=O) groups is 1. The second-order valence-electron chi connectivity index (χ2n) is 6.12. The summed E-state index contributed by atoms with van der Waals surface area (Å²) in [6, 6.07) is 13.8. The molecule has 2 aromatic carbocycles. The Bertz CT molecular complexity index is 671. The Labute approximate surface area is 148 Å². The van der Waals surface area contributed by atoms with Crippen LogP contribution in [0.3, 0.4) is 0 Å². The maximum atomic E-state index is 13.1. The van der Waals surface area contributed by atoms with Gasteiger partial charge in [0.1, 0.15) is 11.6 Å². The summed E-state index contributed by atoms with van der Waals surface area (Å²) in [7, 11) is 3.44. The van der Waals surface area contributed by atoms with Crippen molar-refractivity contribution in [1.82, 2.24) is 10.6 Å². The number of benzene rings is 2. The summed E-state index contributed by atoms with van der Waals surface area (Å²) in [5, 5.41) is 6.12. The number of amides is 1. The van der Waals surface area contributed by atoms with Crippen molar-refractivity contribution in [3.63, 3.8) is 0 Å². The molecule has 1 amide bonds. The Morgan fingerprint density at radius 2 is 1.76 bits per heavy atom. The molecule has 134 valence electrons. The van der Waals surface area contributed by atoms with Crippen molar-refractivity contribution in [3.8, 4) is 5.75 Å². The number of halogens is 1. The van der Waals surface area contributed by atoms with E-state index in [9.17, 15) is 9.18 Å². The Hall–Kier alpha value is -2.40. The van der Waals surface area contributed by atoms with Crippen LogP contribution in [0.2, 0.25) is 0 Å². The third kappa shape index (κ3) is 5.57. The van der Waals surface area contributed by atoms with Gasteiger partial charge in [0.15, 0.2) is 0 Å². The Morgan fingerprint density at radius 3 is 2.32 bits per heavy atom. The molecule has 0 radical (unpaired) electrons. The highest BCUT2D eigenvalue weighted by Crippen LogP contribution is 2.22. The number of methoxy groups -OCH3 is 1. The van der Waals surface area contributed by atoms with Gasteiger partial charge < -0.3 is 15.4 Å². The molecule has 5 heteroatoms. The Morgan fingerprint density at radius 1 is 1.12 bits per heavy atom. The molecule has 0 fully saturated rings. The van der Waals surface area contributed by atoms with Gasteiger partial charge in [-0.1, -0.05) is 31.2 Å². The van der Waals surface area contributed by atoms with Gasteiger partial charge in [0.2, 0.25) is 5.91 Å². The third-order valence-electron chi connectivity index (χ3n) is 4.15. The van der Waals surface area contributed by atoms with E-state index in [0.717, 1.165) is 16.9 Å². The summed E-state index contributed by atoms with van der Waals surface area (Å²) in [5.74, 6) is 0.340. The second kappa shape index (κ2) is 9.18. The van der Waals surface area contributed by atoms with Crippen LogP contribution in [0, 0.1) is 11.7 Å². The predicted octanol–water partition coefficient (Wildman–Crippen LogP) is 3.09. The summed E-state index contributed by atoms with van der Waals surface area (Å²) < 4.78 is 18.3. The minimum absolute atomic E-state index is 0.0164. The first kappa shape index (κ1) is 18.9. The average molecular weight is 344 g/mol. The number of nitrogens with one attached hydrogen (secondary N) is 2. The lowest BCUT2D eigenvalue weighted by atomic mass is 9.97. The molecule has 0 aliphatic heterocycles. The minimum Gasteiger partial charge on any atom is -0.497 e. The van der Waals surface area contributed by atoms with E-state index >= 15 is 0 Å². The van der Waals surface area contributed by atoms with Crippen molar-refractivity contribution >= 4 is 5.91 Å². The topological polar surface area (TPSA) is 50.4 Å². The normalized spacial score (nSPS) is 13.1. The number of hydrogen-bond acceptors (Lipinski definition) is 3. The van der Waals surface area contributed by atoms with Crippen molar-refractivity contribution in [2.45, 2.75) is 19.4 Å². The number of rotatable bonds is 8. The van der Waals surface area contributed by atoms with E-state index in [-0.39, 0.29) is 23.7 Å². The molecule has 2 aromatic rings. The predicted molar refractivity (Wildman–Crippen MR) is 97.1 cm³/mol. The standard InChI is InChI=1S/C20H25FN2O2/c1-14(13-22-2)20(24)23-19(12-15-4-8-17(21)9-5-15)16-6-10-18(25-3)11-7-16/h4-11,14,19,22H,12-13H2,1-3H3,(H,23,24). The van der Waals surface area contributed by atoms with Crippen LogP contribution in [-0.4, -0.2) is 26.6 Å². The quantitative estimate of drug-likeness (QED) is 0.774. The van der Waals surface area contributed by atoms with Gasteiger partial charge in [0.25, 0.3) is 0 Å². The van der Waals surface area contributed by atoms with Crippen LogP contribution >= 0.6 is 0 Å². The fraction of sp³-hybridized carbons (Fsp3) is 0.350. The highest BCUT2D eigenvalue weighted by Gasteiger charge is 2.19. The average Bonchev–Trinajstić information content (AvgIpc) is 2.63. The zero-order chi connectivity index (χ0) is 18.2. The SMILES string of the molecule is CNCC(C)C(=O)NC(Cc1ccc(F)cc1)c1ccc(OC)cc1. The lowest BCUT2D eigenvalue weighted by Crippen LogP contribution is -2.37. The van der Waals surface area contributed by atoms with Crippen LogP contribution < -0.4 is 15.4 Å². The zero-order valence-corrected chi connectivity index (χ0v) is 14.9. The van der Waals surface area contributed by atoms with Gasteiger partial charge in [0.05, 0.1) is 13.2 Å². The van der Waals surface area contributed by atoms with Gasteiger partial charge in [-0.05, 0) is 48.9 Å². The van der Waals surface area contributed by atoms with Gasteiger partial charge in [-0.3, -0.25) is 4.79 Å². The van der Waals surface area contributed by atoms with Crippen LogP contribution in [-0.2, 0) is 11.2 Å². The molecule has 0 heterocycles. The molecule has 25 heavy (non-hydrogen) atoms. The molecule has 0 saturated heterocycles. The summed E-state index contributed by atoms with van der Waals surface area (Å²) in [4.78, 5) is 12.4. The molecular formula is C20H25FN2O2. The van der Waals surface area contributed by atoms with Crippen LogP contribution in [0.5, 0.6) is 5.75 Å². The molecule has 0 bridgehead atoms. The van der Waals surface area contributed by atoms with Gasteiger partial charge >= 0.3 is 0 Å². The number of carbonyl (C=O) groups excluding carboxylic acids is 1. The van der Waals surface area contributed by atoms with Crippen molar-refractivity contribution in [2.24, 2.45) is 5.92 Å². The smallest absolute Gasteiger partial charge is 0.224 e. The molecule has 0 aromatic heterocycles. The van der Waals surface area contributed by atoms with E-state index in [1.807, 2.05) is 38.2 Å².